The van der Waals surface area contributed by atoms with Gasteiger partial charge in [0.15, 0.2) is 6.10 Å². The molecule has 0 fully saturated rings. The molecule has 1 rings (SSSR count). The Labute approximate surface area is 112 Å². The zero-order valence-corrected chi connectivity index (χ0v) is 11.5. The smallest absolute Gasteiger partial charge is 0.263 e. The summed E-state index contributed by atoms with van der Waals surface area (Å²) in [6.07, 6.45) is -0.726. The SMILES string of the molecule is CC(Oc1cccc(F)c1)C(=O)N(CCO)C(C)C. The molecule has 0 radical (unpaired) electrons. The fraction of sp³-hybridized carbons (Fsp3) is 0.500. The van der Waals surface area contributed by atoms with Crippen molar-refractivity contribution in [2.45, 2.75) is 32.9 Å². The second kappa shape index (κ2) is 7.09. The fourth-order valence-corrected chi connectivity index (χ4v) is 1.76. The summed E-state index contributed by atoms with van der Waals surface area (Å²) >= 11 is 0. The number of aliphatic hydroxyl groups excluding tert-OH is 1. The lowest BCUT2D eigenvalue weighted by molar-refractivity contribution is -0.140. The van der Waals surface area contributed by atoms with Gasteiger partial charge < -0.3 is 14.7 Å². The van der Waals surface area contributed by atoms with Crippen LogP contribution < -0.4 is 4.74 Å². The molecule has 1 aromatic carbocycles. The first-order chi connectivity index (χ1) is 8.95. The van der Waals surface area contributed by atoms with E-state index >= 15 is 0 Å². The van der Waals surface area contributed by atoms with Crippen molar-refractivity contribution >= 4 is 5.91 Å². The van der Waals surface area contributed by atoms with E-state index in [0.717, 1.165) is 0 Å². The number of amides is 1. The number of ether oxygens (including phenoxy) is 1. The van der Waals surface area contributed by atoms with Crippen LogP contribution in [0.3, 0.4) is 0 Å². The number of aliphatic hydroxyl groups is 1. The molecule has 0 saturated carbocycles. The van der Waals surface area contributed by atoms with Crippen molar-refractivity contribution in [2.75, 3.05) is 13.2 Å². The molecule has 4 nitrogen and oxygen atoms in total. The molecule has 1 aromatic rings. The van der Waals surface area contributed by atoms with Gasteiger partial charge >= 0.3 is 0 Å². The molecular weight excluding hydrogens is 249 g/mol. The largest absolute Gasteiger partial charge is 0.481 e. The van der Waals surface area contributed by atoms with E-state index in [-0.39, 0.29) is 25.1 Å². The van der Waals surface area contributed by atoms with E-state index in [4.69, 9.17) is 9.84 Å². The normalized spacial score (nSPS) is 12.3. The van der Waals surface area contributed by atoms with Gasteiger partial charge in [0.2, 0.25) is 0 Å². The molecule has 0 saturated heterocycles. The minimum Gasteiger partial charge on any atom is -0.481 e. The predicted octanol–water partition coefficient (Wildman–Crippen LogP) is 1.82. The first-order valence-electron chi connectivity index (χ1n) is 6.29. The lowest BCUT2D eigenvalue weighted by Crippen LogP contribution is -2.45. The molecule has 5 heteroatoms. The standard InChI is InChI=1S/C14H20FNO3/c1-10(2)16(7-8-17)14(18)11(3)19-13-6-4-5-12(15)9-13/h4-6,9-11,17H,7-8H2,1-3H3. The summed E-state index contributed by atoms with van der Waals surface area (Å²) in [5, 5.41) is 8.96. The number of hydrogen-bond acceptors (Lipinski definition) is 3. The molecule has 1 unspecified atom stereocenters. The van der Waals surface area contributed by atoms with Crippen molar-refractivity contribution in [1.82, 2.24) is 4.90 Å². The van der Waals surface area contributed by atoms with Crippen molar-refractivity contribution in [1.29, 1.82) is 0 Å². The van der Waals surface area contributed by atoms with Gasteiger partial charge in [-0.3, -0.25) is 4.79 Å². The maximum atomic E-state index is 13.0. The zero-order valence-electron chi connectivity index (χ0n) is 11.5. The van der Waals surface area contributed by atoms with E-state index < -0.39 is 11.9 Å². The topological polar surface area (TPSA) is 49.8 Å². The molecule has 0 heterocycles. The van der Waals surface area contributed by atoms with Gasteiger partial charge in [-0.05, 0) is 32.9 Å². The van der Waals surface area contributed by atoms with Gasteiger partial charge in [-0.1, -0.05) is 6.07 Å². The summed E-state index contributed by atoms with van der Waals surface area (Å²) in [5.74, 6) is -0.324. The van der Waals surface area contributed by atoms with Crippen LogP contribution in [0, 0.1) is 5.82 Å². The van der Waals surface area contributed by atoms with Crippen molar-refractivity contribution in [3.8, 4) is 5.75 Å². The Balaban J connectivity index is 2.70. The Morgan fingerprint density at radius 2 is 2.11 bits per heavy atom. The Hall–Kier alpha value is -1.62. The van der Waals surface area contributed by atoms with E-state index in [1.807, 2.05) is 13.8 Å². The van der Waals surface area contributed by atoms with Crippen LogP contribution in [0.15, 0.2) is 24.3 Å². The average molecular weight is 269 g/mol. The Bertz CT molecular complexity index is 423. The van der Waals surface area contributed by atoms with Crippen LogP contribution in [0.2, 0.25) is 0 Å². The summed E-state index contributed by atoms with van der Waals surface area (Å²) in [7, 11) is 0. The third-order valence-corrected chi connectivity index (χ3v) is 2.70. The van der Waals surface area contributed by atoms with Gasteiger partial charge in [0, 0.05) is 18.7 Å². The first kappa shape index (κ1) is 15.4. The van der Waals surface area contributed by atoms with Crippen LogP contribution in [0.25, 0.3) is 0 Å². The van der Waals surface area contributed by atoms with Gasteiger partial charge in [-0.25, -0.2) is 4.39 Å². The molecule has 0 aliphatic heterocycles. The molecule has 106 valence electrons. The monoisotopic (exact) mass is 269 g/mol. The number of benzene rings is 1. The average Bonchev–Trinajstić information content (AvgIpc) is 2.34. The van der Waals surface area contributed by atoms with Crippen LogP contribution in [-0.2, 0) is 4.79 Å². The quantitative estimate of drug-likeness (QED) is 0.857. The zero-order chi connectivity index (χ0) is 14.4. The highest BCUT2D eigenvalue weighted by molar-refractivity contribution is 5.81. The minimum absolute atomic E-state index is 0.0294. The molecule has 1 atom stereocenters. The molecule has 1 N–H and O–H groups in total. The molecule has 0 spiro atoms. The van der Waals surface area contributed by atoms with Gasteiger partial charge in [-0.15, -0.1) is 0 Å². The van der Waals surface area contributed by atoms with Gasteiger partial charge in [-0.2, -0.15) is 0 Å². The molecule has 0 bridgehead atoms. The summed E-state index contributed by atoms with van der Waals surface area (Å²) in [6.45, 7) is 5.49. The number of halogens is 1. The second-order valence-corrected chi connectivity index (χ2v) is 4.57. The van der Waals surface area contributed by atoms with E-state index in [0.29, 0.717) is 5.75 Å². The number of rotatable bonds is 6. The van der Waals surface area contributed by atoms with Crippen LogP contribution in [0.1, 0.15) is 20.8 Å². The van der Waals surface area contributed by atoms with Crippen molar-refractivity contribution < 1.29 is 19.0 Å². The van der Waals surface area contributed by atoms with Crippen LogP contribution in [0.4, 0.5) is 4.39 Å². The Morgan fingerprint density at radius 1 is 1.42 bits per heavy atom. The molecule has 19 heavy (non-hydrogen) atoms. The third-order valence-electron chi connectivity index (χ3n) is 2.70. The van der Waals surface area contributed by atoms with Crippen molar-refractivity contribution in [3.05, 3.63) is 30.1 Å². The van der Waals surface area contributed by atoms with Crippen LogP contribution >= 0.6 is 0 Å². The number of nitrogens with zero attached hydrogens (tertiary/aromatic N) is 1. The number of hydrogen-bond donors (Lipinski definition) is 1. The highest BCUT2D eigenvalue weighted by Gasteiger charge is 2.23. The first-order valence-corrected chi connectivity index (χ1v) is 6.29. The second-order valence-electron chi connectivity index (χ2n) is 4.57. The van der Waals surface area contributed by atoms with Gasteiger partial charge in [0.25, 0.3) is 5.91 Å². The van der Waals surface area contributed by atoms with Crippen LogP contribution in [0.5, 0.6) is 5.75 Å². The summed E-state index contributed by atoms with van der Waals surface area (Å²) < 4.78 is 18.4. The molecule has 0 aromatic heterocycles. The molecular formula is C14H20FNO3. The van der Waals surface area contributed by atoms with Crippen molar-refractivity contribution in [2.24, 2.45) is 0 Å². The number of carbonyl (C=O) groups is 1. The predicted molar refractivity (Wildman–Crippen MR) is 70.4 cm³/mol. The van der Waals surface area contributed by atoms with E-state index in [1.54, 1.807) is 13.0 Å². The highest BCUT2D eigenvalue weighted by Crippen LogP contribution is 2.15. The molecule has 0 aliphatic rings. The summed E-state index contributed by atoms with van der Waals surface area (Å²) in [5.41, 5.74) is 0. The van der Waals surface area contributed by atoms with E-state index in [9.17, 15) is 9.18 Å². The summed E-state index contributed by atoms with van der Waals surface area (Å²) in [6, 6.07) is 5.63. The van der Waals surface area contributed by atoms with Crippen molar-refractivity contribution in [3.63, 3.8) is 0 Å². The Morgan fingerprint density at radius 3 is 2.63 bits per heavy atom. The fourth-order valence-electron chi connectivity index (χ4n) is 1.76. The minimum atomic E-state index is -0.726. The third kappa shape index (κ3) is 4.52. The lowest BCUT2D eigenvalue weighted by Gasteiger charge is -2.28. The Kier molecular flexibility index (Phi) is 5.76. The molecule has 1 amide bonds. The van der Waals surface area contributed by atoms with Gasteiger partial charge in [0.05, 0.1) is 6.61 Å². The molecule has 0 aliphatic carbocycles. The highest BCUT2D eigenvalue weighted by atomic mass is 19.1. The maximum Gasteiger partial charge on any atom is 0.263 e. The van der Waals surface area contributed by atoms with Gasteiger partial charge in [0.1, 0.15) is 11.6 Å². The van der Waals surface area contributed by atoms with E-state index in [1.165, 1.54) is 23.1 Å². The van der Waals surface area contributed by atoms with E-state index in [2.05, 4.69) is 0 Å². The number of carbonyl (C=O) groups excluding carboxylic acids is 1. The van der Waals surface area contributed by atoms with Crippen LogP contribution in [-0.4, -0.2) is 41.2 Å². The summed E-state index contributed by atoms with van der Waals surface area (Å²) in [4.78, 5) is 13.7. The lowest BCUT2D eigenvalue weighted by atomic mass is 10.2. The maximum absolute atomic E-state index is 13.0.